The molecule has 0 aliphatic heterocycles. The van der Waals surface area contributed by atoms with Gasteiger partial charge < -0.3 is 6.15 Å². The average Bonchev–Trinajstić information content (AvgIpc) is 0. The molecule has 0 rings (SSSR count). The summed E-state index contributed by atoms with van der Waals surface area (Å²) in [5.41, 5.74) is 0. The van der Waals surface area contributed by atoms with Crippen molar-refractivity contribution in [2.75, 3.05) is 0 Å². The predicted molar refractivity (Wildman–Crippen MR) is 22.3 cm³/mol. The molecule has 4 heteroatoms. The van der Waals surface area contributed by atoms with Crippen LogP contribution in [0.5, 0.6) is 0 Å². The van der Waals surface area contributed by atoms with E-state index in [1.54, 1.807) is 0 Å². The van der Waals surface area contributed by atoms with Crippen LogP contribution in [0.15, 0.2) is 0 Å². The molecule has 0 aliphatic rings. The van der Waals surface area contributed by atoms with E-state index < -0.39 is 0 Å². The zero-order valence-corrected chi connectivity index (χ0v) is 9.92. The van der Waals surface area contributed by atoms with Crippen molar-refractivity contribution in [3.63, 3.8) is 0 Å². The summed E-state index contributed by atoms with van der Waals surface area (Å²) >= 11 is 0. The van der Waals surface area contributed by atoms with Crippen molar-refractivity contribution in [2.24, 2.45) is 0 Å². The van der Waals surface area contributed by atoms with Gasteiger partial charge in [0.1, 0.15) is 0 Å². The van der Waals surface area contributed by atoms with Gasteiger partial charge >= 0.3 is 0 Å². The maximum absolute atomic E-state index is 0. The van der Waals surface area contributed by atoms with Gasteiger partial charge in [0.25, 0.3) is 0 Å². The van der Waals surface area contributed by atoms with Crippen LogP contribution in [0.3, 0.4) is 0 Å². The summed E-state index contributed by atoms with van der Waals surface area (Å²) in [5.74, 6) is 0. The molecule has 0 aromatic heterocycles. The quantitative estimate of drug-likeness (QED) is 0.569. The third-order valence-electron chi connectivity index (χ3n) is 0. The molecule has 0 heterocycles. The second-order valence-electron chi connectivity index (χ2n) is 0. The summed E-state index contributed by atoms with van der Waals surface area (Å²) in [6.45, 7) is 0. The van der Waals surface area contributed by atoms with Crippen LogP contribution >= 0.6 is 0 Å². The van der Waals surface area contributed by atoms with Gasteiger partial charge in [-0.25, -0.2) is 0 Å². The molecule has 0 bridgehead atoms. The molecule has 4 heavy (non-hydrogen) atoms. The van der Waals surface area contributed by atoms with Gasteiger partial charge in [0, 0.05) is 67.1 Å². The Morgan fingerprint density at radius 1 is 1.00 bits per heavy atom. The molecule has 0 aliphatic carbocycles. The van der Waals surface area contributed by atoms with Crippen molar-refractivity contribution < 1.29 is 0 Å². The Kier molecular flexibility index (Phi) is 168. The molecular weight excluding hydrogens is 329 g/mol. The predicted octanol–water partition coefficient (Wildman–Crippen LogP) is -0.980. The third-order valence-corrected chi connectivity index (χ3v) is 0. The van der Waals surface area contributed by atoms with Crippen molar-refractivity contribution in [1.29, 1.82) is 0 Å². The van der Waals surface area contributed by atoms with Gasteiger partial charge in [-0.15, -0.1) is 0 Å². The maximum Gasteiger partial charge on any atom is 0 e. The summed E-state index contributed by atoms with van der Waals surface area (Å²) < 4.78 is 0. The first-order valence-corrected chi connectivity index (χ1v) is 0. The van der Waals surface area contributed by atoms with Gasteiger partial charge in [0.15, 0.2) is 0 Å². The van der Waals surface area contributed by atoms with Gasteiger partial charge in [0.05, 0.1) is 0 Å². The van der Waals surface area contributed by atoms with Crippen LogP contribution in [-0.2, 0) is 0 Å². The fraction of sp³-hybridized carbons (Fsp3) is 0. The van der Waals surface area contributed by atoms with E-state index in [9.17, 15) is 0 Å². The van der Waals surface area contributed by atoms with Crippen molar-refractivity contribution >= 4 is 67.1 Å². The molecule has 0 aromatic carbocycles. The third kappa shape index (κ3) is 8.90. The van der Waals surface area contributed by atoms with E-state index >= 15 is 0 Å². The zero-order chi connectivity index (χ0) is 0. The Bertz CT molecular complexity index is 8.00. The maximum atomic E-state index is 0. The van der Waals surface area contributed by atoms with Crippen LogP contribution in [0.25, 0.3) is 0 Å². The molecule has 3 N–H and O–H groups in total. The first-order chi connectivity index (χ1) is 0. The van der Waals surface area contributed by atoms with Gasteiger partial charge in [-0.1, -0.05) is 0 Å². The van der Waals surface area contributed by atoms with E-state index in [1.165, 1.54) is 0 Å². The van der Waals surface area contributed by atoms with Crippen LogP contribution in [0.4, 0.5) is 0 Å². The van der Waals surface area contributed by atoms with Gasteiger partial charge in [-0.3, -0.25) is 0 Å². The van der Waals surface area contributed by atoms with E-state index in [-0.39, 0.29) is 73.3 Å². The van der Waals surface area contributed by atoms with Crippen LogP contribution in [0.2, 0.25) is 0 Å². The van der Waals surface area contributed by atoms with Gasteiger partial charge in [-0.2, -0.15) is 0 Å². The van der Waals surface area contributed by atoms with Crippen LogP contribution in [0.1, 0.15) is 0 Å². The minimum Gasteiger partial charge on any atom is -0.344 e. The topological polar surface area (TPSA) is 35.0 Å². The Labute approximate surface area is 72.4 Å². The second kappa shape index (κ2) is 19.1. The van der Waals surface area contributed by atoms with Crippen molar-refractivity contribution in [3.05, 3.63) is 0 Å². The normalized spacial score (nSPS) is 0. The second-order valence-corrected chi connectivity index (χ2v) is 0. The molecule has 0 saturated heterocycles. The van der Waals surface area contributed by atoms with Crippen LogP contribution in [-0.4, -0.2) is 67.1 Å². The fourth-order valence-electron chi connectivity index (χ4n) is 0. The first-order valence-electron chi connectivity index (χ1n) is 0. The standard InChI is InChI=1S/Ge.In.H3N.Te/h;;1H3;. The fourth-order valence-corrected chi connectivity index (χ4v) is 0. The molecule has 1 nitrogen and oxygen atoms in total. The Hall–Kier alpha value is 2.16. The molecular formula is H3GeInNTe. The molecule has 0 fully saturated rings. The molecule has 21 valence electrons. The van der Waals surface area contributed by atoms with E-state index in [0.29, 0.717) is 0 Å². The van der Waals surface area contributed by atoms with E-state index in [0.717, 1.165) is 0 Å². The van der Waals surface area contributed by atoms with E-state index in [2.05, 4.69) is 0 Å². The SMILES string of the molecule is N.[Ge].[In].[Te]. The van der Waals surface area contributed by atoms with Crippen LogP contribution in [0, 0.1) is 0 Å². The van der Waals surface area contributed by atoms with Crippen molar-refractivity contribution in [2.45, 2.75) is 0 Å². The molecule has 0 spiro atoms. The van der Waals surface area contributed by atoms with Gasteiger partial charge in [-0.05, 0) is 0 Å². The smallest absolute Gasteiger partial charge is 0 e. The van der Waals surface area contributed by atoms with Crippen LogP contribution < -0.4 is 6.15 Å². The summed E-state index contributed by atoms with van der Waals surface area (Å²) in [6, 6.07) is 0. The molecule has 0 amide bonds. The monoisotopic (exact) mass is 336 g/mol. The zero-order valence-electron chi connectivity index (χ0n) is 2.19. The summed E-state index contributed by atoms with van der Waals surface area (Å²) in [7, 11) is 0. The molecule has 0 atom stereocenters. The van der Waals surface area contributed by atoms with Crippen molar-refractivity contribution in [1.82, 2.24) is 6.15 Å². The summed E-state index contributed by atoms with van der Waals surface area (Å²) in [4.78, 5) is 0. The average molecular weight is 332 g/mol. The first kappa shape index (κ1) is 35.1. The van der Waals surface area contributed by atoms with Crippen molar-refractivity contribution in [3.8, 4) is 0 Å². The molecule has 9 radical (unpaired) electrons. The Morgan fingerprint density at radius 2 is 1.00 bits per heavy atom. The summed E-state index contributed by atoms with van der Waals surface area (Å²) in [6.07, 6.45) is 0. The van der Waals surface area contributed by atoms with E-state index in [4.69, 9.17) is 0 Å². The summed E-state index contributed by atoms with van der Waals surface area (Å²) in [5, 5.41) is 0. The minimum absolute atomic E-state index is 0. The number of hydrogen-bond donors (Lipinski definition) is 1. The Balaban J connectivity index is 0. The minimum atomic E-state index is 0. The number of rotatable bonds is 0. The Morgan fingerprint density at radius 3 is 1.00 bits per heavy atom. The largest absolute Gasteiger partial charge is 0.344 e. The van der Waals surface area contributed by atoms with E-state index in [1.807, 2.05) is 0 Å². The number of hydrogen-bond acceptors (Lipinski definition) is 1. The molecule has 0 unspecified atom stereocenters. The molecule has 0 aromatic rings. The van der Waals surface area contributed by atoms with Gasteiger partial charge in [0.2, 0.25) is 0 Å². The molecule has 0 saturated carbocycles.